The monoisotopic (exact) mass is 462 g/mol. The molecule has 2 rings (SSSR count). The molecule has 0 radical (unpaired) electrons. The molecule has 2 amide bonds. The second-order valence-electron chi connectivity index (χ2n) is 7.81. The van der Waals surface area contributed by atoms with Crippen LogP contribution >= 0.6 is 0 Å². The van der Waals surface area contributed by atoms with Crippen molar-refractivity contribution in [2.75, 3.05) is 19.6 Å². The highest BCUT2D eigenvalue weighted by Gasteiger charge is 2.23. The minimum Gasteiger partial charge on any atom is -0.508 e. The fourth-order valence-corrected chi connectivity index (χ4v) is 3.38. The molecule has 2 unspecified atom stereocenters. The fourth-order valence-electron chi connectivity index (χ4n) is 3.38. The molecule has 12 nitrogen and oxygen atoms in total. The van der Waals surface area contributed by atoms with Gasteiger partial charge in [-0.05, 0) is 37.0 Å². The van der Waals surface area contributed by atoms with Crippen molar-refractivity contribution in [3.8, 4) is 11.5 Å². The first kappa shape index (κ1) is 25.5. The van der Waals surface area contributed by atoms with Crippen molar-refractivity contribution in [2.45, 2.75) is 37.8 Å². The average molecular weight is 463 g/mol. The molecule has 0 bridgehead atoms. The van der Waals surface area contributed by atoms with Crippen molar-refractivity contribution in [2.24, 2.45) is 11.5 Å². The minimum atomic E-state index is -1.42. The van der Waals surface area contributed by atoms with E-state index in [2.05, 4.69) is 10.6 Å². The highest BCUT2D eigenvalue weighted by molar-refractivity contribution is 5.85. The molecule has 2 atom stereocenters. The molecule has 0 spiro atoms. The number of carboxylic acids is 1. The van der Waals surface area contributed by atoms with E-state index in [1.807, 2.05) is 6.08 Å². The Kier molecular flexibility index (Phi) is 9.04. The Balaban J connectivity index is 1.69. The van der Waals surface area contributed by atoms with E-state index in [-0.39, 0.29) is 35.4 Å². The summed E-state index contributed by atoms with van der Waals surface area (Å²) < 4.78 is 0. The lowest BCUT2D eigenvalue weighted by molar-refractivity contribution is -0.142. The quantitative estimate of drug-likeness (QED) is 0.0917. The van der Waals surface area contributed by atoms with Crippen LogP contribution in [0.5, 0.6) is 11.5 Å². The summed E-state index contributed by atoms with van der Waals surface area (Å²) in [5, 5.41) is 40.9. The van der Waals surface area contributed by atoms with Crippen LogP contribution in [0.25, 0.3) is 0 Å². The lowest BCUT2D eigenvalue weighted by atomic mass is 10.1. The molecular weight excluding hydrogens is 432 g/mol. The summed E-state index contributed by atoms with van der Waals surface area (Å²) in [6.45, 7) is 1.31. The summed E-state index contributed by atoms with van der Waals surface area (Å²) in [6.07, 6.45) is 3.17. The predicted octanol–water partition coefficient (Wildman–Crippen LogP) is -0.521. The highest BCUT2D eigenvalue weighted by atomic mass is 16.4. The molecular formula is C21H30N6O6. The summed E-state index contributed by atoms with van der Waals surface area (Å²) in [6, 6.07) is 1.20. The van der Waals surface area contributed by atoms with Crippen LogP contribution in [0.4, 0.5) is 0 Å². The standard InChI is InChI=1S/C21H30N6O6/c22-16(7-12-4-6-27(11-12)21(23)24)19(31)25-5-2-1-3-17(30)26-18(20(32)33)13-8-14(28)10-15(29)9-13/h4,8-10,16,18,28-29H,1-3,5-7,11,22H2,(H3,23,24)(H,25,31)(H,26,30)(H,32,33). The Morgan fingerprint density at radius 3 is 2.39 bits per heavy atom. The van der Waals surface area contributed by atoms with Gasteiger partial charge in [-0.15, -0.1) is 0 Å². The van der Waals surface area contributed by atoms with Gasteiger partial charge in [0.05, 0.1) is 6.04 Å². The number of carbonyl (C=O) groups is 3. The van der Waals surface area contributed by atoms with E-state index in [0.717, 1.165) is 23.8 Å². The second kappa shape index (κ2) is 11.7. The predicted molar refractivity (Wildman–Crippen MR) is 119 cm³/mol. The molecule has 1 aromatic rings. The van der Waals surface area contributed by atoms with Crippen LogP contribution in [-0.4, -0.2) is 69.6 Å². The van der Waals surface area contributed by atoms with Crippen molar-refractivity contribution in [1.29, 1.82) is 5.41 Å². The second-order valence-corrected chi connectivity index (χ2v) is 7.81. The van der Waals surface area contributed by atoms with E-state index in [0.29, 0.717) is 38.9 Å². The van der Waals surface area contributed by atoms with E-state index < -0.39 is 24.0 Å². The van der Waals surface area contributed by atoms with Gasteiger partial charge in [0, 0.05) is 32.1 Å². The van der Waals surface area contributed by atoms with Crippen LogP contribution in [0.1, 0.15) is 37.3 Å². The number of hydrogen-bond acceptors (Lipinski definition) is 7. The first-order valence-corrected chi connectivity index (χ1v) is 10.4. The molecule has 0 saturated heterocycles. The number of aliphatic carboxylic acids is 1. The number of benzene rings is 1. The number of carboxylic acid groups (broad SMARTS) is 1. The average Bonchev–Trinajstić information content (AvgIpc) is 3.19. The van der Waals surface area contributed by atoms with Crippen molar-refractivity contribution in [3.05, 3.63) is 35.4 Å². The van der Waals surface area contributed by atoms with Crippen molar-refractivity contribution < 1.29 is 29.7 Å². The summed E-state index contributed by atoms with van der Waals surface area (Å²) in [5.41, 5.74) is 12.3. The number of phenolic OH excluding ortho intramolecular Hbond substituents is 2. The van der Waals surface area contributed by atoms with Gasteiger partial charge >= 0.3 is 5.97 Å². The van der Waals surface area contributed by atoms with Crippen LogP contribution in [0, 0.1) is 5.41 Å². The molecule has 1 heterocycles. The van der Waals surface area contributed by atoms with E-state index in [4.69, 9.17) is 16.9 Å². The minimum absolute atomic E-state index is 0.0296. The fraction of sp³-hybridized carbons (Fsp3) is 0.429. The van der Waals surface area contributed by atoms with Crippen molar-refractivity contribution >= 4 is 23.7 Å². The van der Waals surface area contributed by atoms with Crippen LogP contribution < -0.4 is 22.1 Å². The number of guanidine groups is 1. The van der Waals surface area contributed by atoms with Crippen LogP contribution in [0.3, 0.4) is 0 Å². The molecule has 12 heteroatoms. The first-order valence-electron chi connectivity index (χ1n) is 10.4. The molecule has 1 aliphatic heterocycles. The third-order valence-corrected chi connectivity index (χ3v) is 5.09. The number of carbonyl (C=O) groups excluding carboxylic acids is 2. The zero-order valence-corrected chi connectivity index (χ0v) is 18.1. The number of rotatable bonds is 11. The summed E-state index contributed by atoms with van der Waals surface area (Å²) in [5.74, 6) is -2.84. The Morgan fingerprint density at radius 1 is 1.15 bits per heavy atom. The maximum atomic E-state index is 12.1. The van der Waals surface area contributed by atoms with Gasteiger partial charge in [0.1, 0.15) is 11.5 Å². The van der Waals surface area contributed by atoms with Crippen molar-refractivity contribution in [1.82, 2.24) is 15.5 Å². The number of unbranched alkanes of at least 4 members (excludes halogenated alkanes) is 1. The first-order chi connectivity index (χ1) is 15.6. The number of amides is 2. The maximum absolute atomic E-state index is 12.1. The third kappa shape index (κ3) is 8.00. The summed E-state index contributed by atoms with van der Waals surface area (Å²) in [7, 11) is 0. The van der Waals surface area contributed by atoms with E-state index >= 15 is 0 Å². The van der Waals surface area contributed by atoms with Crippen LogP contribution in [-0.2, 0) is 14.4 Å². The van der Waals surface area contributed by atoms with E-state index in [1.54, 1.807) is 4.90 Å². The number of nitrogens with one attached hydrogen (secondary N) is 3. The van der Waals surface area contributed by atoms with Gasteiger partial charge in [-0.1, -0.05) is 11.6 Å². The number of phenols is 2. The Hall–Kier alpha value is -3.80. The molecule has 0 fully saturated rings. The Labute approximate surface area is 190 Å². The van der Waals surface area contributed by atoms with Crippen molar-refractivity contribution in [3.63, 3.8) is 0 Å². The molecule has 0 aliphatic carbocycles. The summed E-state index contributed by atoms with van der Waals surface area (Å²) in [4.78, 5) is 37.4. The lowest BCUT2D eigenvalue weighted by Crippen LogP contribution is -2.41. The van der Waals surface area contributed by atoms with Gasteiger partial charge < -0.3 is 42.3 Å². The SMILES string of the molecule is N=C(N)N1CC=C(CC(N)C(=O)NCCCCC(=O)NC(C(=O)O)c2cc(O)cc(O)c2)C1. The van der Waals surface area contributed by atoms with Gasteiger partial charge in [-0.25, -0.2) is 4.79 Å². The van der Waals surface area contributed by atoms with Gasteiger partial charge in [0.2, 0.25) is 11.8 Å². The number of nitrogens with two attached hydrogens (primary N) is 2. The van der Waals surface area contributed by atoms with Crippen LogP contribution in [0.15, 0.2) is 29.8 Å². The Bertz CT molecular complexity index is 914. The van der Waals surface area contributed by atoms with Crippen LogP contribution in [0.2, 0.25) is 0 Å². The Morgan fingerprint density at radius 2 is 1.82 bits per heavy atom. The lowest BCUT2D eigenvalue weighted by Gasteiger charge is -2.17. The molecule has 0 saturated carbocycles. The number of aromatic hydroxyl groups is 2. The van der Waals surface area contributed by atoms with Gasteiger partial charge in [0.15, 0.2) is 12.0 Å². The molecule has 0 aromatic heterocycles. The highest BCUT2D eigenvalue weighted by Crippen LogP contribution is 2.25. The number of nitrogens with zero attached hydrogens (tertiary/aromatic N) is 1. The zero-order valence-electron chi connectivity index (χ0n) is 18.1. The zero-order chi connectivity index (χ0) is 24.5. The maximum Gasteiger partial charge on any atom is 0.330 e. The summed E-state index contributed by atoms with van der Waals surface area (Å²) >= 11 is 0. The largest absolute Gasteiger partial charge is 0.508 e. The molecule has 10 N–H and O–H groups in total. The topological polar surface area (TPSA) is 215 Å². The van der Waals surface area contributed by atoms with E-state index in [9.17, 15) is 29.7 Å². The molecule has 33 heavy (non-hydrogen) atoms. The number of hydrogen-bond donors (Lipinski definition) is 8. The van der Waals surface area contributed by atoms with Gasteiger partial charge in [0.25, 0.3) is 0 Å². The normalized spacial score (nSPS) is 14.8. The van der Waals surface area contributed by atoms with Gasteiger partial charge in [-0.2, -0.15) is 0 Å². The van der Waals surface area contributed by atoms with Gasteiger partial charge in [-0.3, -0.25) is 15.0 Å². The smallest absolute Gasteiger partial charge is 0.330 e. The molecule has 1 aliphatic rings. The van der Waals surface area contributed by atoms with E-state index in [1.165, 1.54) is 0 Å². The molecule has 180 valence electrons. The third-order valence-electron chi connectivity index (χ3n) is 5.09. The molecule has 1 aromatic carbocycles.